The summed E-state index contributed by atoms with van der Waals surface area (Å²) in [6.45, 7) is 1.60. The van der Waals surface area contributed by atoms with Gasteiger partial charge >= 0.3 is 0 Å². The topological polar surface area (TPSA) is 59.2 Å². The molecule has 2 aromatic rings. The van der Waals surface area contributed by atoms with E-state index in [0.717, 1.165) is 29.6 Å². The molecule has 0 unspecified atom stereocenters. The highest BCUT2D eigenvalue weighted by Gasteiger charge is 2.26. The second-order valence-electron chi connectivity index (χ2n) is 4.71. The Morgan fingerprint density at radius 1 is 1.39 bits per heavy atom. The Hall–Kier alpha value is -2.10. The molecule has 1 aliphatic heterocycles. The number of hydrogen-bond acceptors (Lipinski definition) is 3. The molecule has 3 rings (SSSR count). The van der Waals surface area contributed by atoms with Crippen LogP contribution in [0.4, 0.5) is 5.69 Å². The molecule has 1 amide bonds. The first-order valence-electron chi connectivity index (χ1n) is 6.13. The molecule has 1 saturated heterocycles. The molecule has 4 nitrogen and oxygen atoms in total. The Kier molecular flexibility index (Phi) is 2.63. The number of carbonyl (C=O) groups excluding carboxylic acids is 1. The maximum atomic E-state index is 11.2. The molecule has 0 aliphatic carbocycles. The SMILES string of the molecule is NC(=O)[C@@H]1CCN(c2ccc3cccnc3c2)C1. The Labute approximate surface area is 105 Å². The number of nitrogens with zero attached hydrogens (tertiary/aromatic N) is 2. The number of carbonyl (C=O) groups is 1. The number of nitrogens with two attached hydrogens (primary N) is 1. The third kappa shape index (κ3) is 1.90. The van der Waals surface area contributed by atoms with Crippen molar-refractivity contribution in [1.29, 1.82) is 0 Å². The van der Waals surface area contributed by atoms with Gasteiger partial charge < -0.3 is 10.6 Å². The average Bonchev–Trinajstić information content (AvgIpc) is 2.88. The third-order valence-electron chi connectivity index (χ3n) is 3.55. The minimum absolute atomic E-state index is 0.0237. The van der Waals surface area contributed by atoms with Crippen LogP contribution in [0.5, 0.6) is 0 Å². The molecule has 0 radical (unpaired) electrons. The van der Waals surface area contributed by atoms with Crippen LogP contribution in [0.2, 0.25) is 0 Å². The fraction of sp³-hybridized carbons (Fsp3) is 0.286. The summed E-state index contributed by atoms with van der Waals surface area (Å²) in [7, 11) is 0. The van der Waals surface area contributed by atoms with Gasteiger partial charge in [-0.3, -0.25) is 9.78 Å². The van der Waals surface area contributed by atoms with Gasteiger partial charge in [0, 0.05) is 30.4 Å². The number of benzene rings is 1. The van der Waals surface area contributed by atoms with Crippen LogP contribution in [0.1, 0.15) is 6.42 Å². The zero-order valence-electron chi connectivity index (χ0n) is 10.0. The van der Waals surface area contributed by atoms with Gasteiger partial charge in [0.1, 0.15) is 0 Å². The van der Waals surface area contributed by atoms with Crippen molar-refractivity contribution in [3.05, 3.63) is 36.5 Å². The van der Waals surface area contributed by atoms with E-state index in [-0.39, 0.29) is 11.8 Å². The number of pyridine rings is 1. The number of rotatable bonds is 2. The van der Waals surface area contributed by atoms with Gasteiger partial charge in [0.25, 0.3) is 0 Å². The molecule has 0 bridgehead atoms. The van der Waals surface area contributed by atoms with Crippen molar-refractivity contribution in [2.24, 2.45) is 11.7 Å². The monoisotopic (exact) mass is 241 g/mol. The Morgan fingerprint density at radius 2 is 2.28 bits per heavy atom. The highest BCUT2D eigenvalue weighted by molar-refractivity contribution is 5.83. The van der Waals surface area contributed by atoms with E-state index >= 15 is 0 Å². The van der Waals surface area contributed by atoms with E-state index < -0.39 is 0 Å². The summed E-state index contributed by atoms with van der Waals surface area (Å²) < 4.78 is 0. The lowest BCUT2D eigenvalue weighted by atomic mass is 10.1. The number of primary amides is 1. The molecular formula is C14H15N3O. The molecule has 18 heavy (non-hydrogen) atoms. The molecule has 1 fully saturated rings. The second-order valence-corrected chi connectivity index (χ2v) is 4.71. The van der Waals surface area contributed by atoms with Gasteiger partial charge in [-0.05, 0) is 24.6 Å². The third-order valence-corrected chi connectivity index (χ3v) is 3.55. The van der Waals surface area contributed by atoms with Gasteiger partial charge in [0.15, 0.2) is 0 Å². The summed E-state index contributed by atoms with van der Waals surface area (Å²) in [5.74, 6) is -0.221. The smallest absolute Gasteiger partial charge is 0.222 e. The van der Waals surface area contributed by atoms with Crippen LogP contribution in [-0.2, 0) is 4.79 Å². The largest absolute Gasteiger partial charge is 0.371 e. The molecule has 2 N–H and O–H groups in total. The number of aromatic nitrogens is 1. The predicted molar refractivity (Wildman–Crippen MR) is 71.3 cm³/mol. The van der Waals surface area contributed by atoms with E-state index in [4.69, 9.17) is 5.73 Å². The highest BCUT2D eigenvalue weighted by Crippen LogP contribution is 2.26. The number of anilines is 1. The van der Waals surface area contributed by atoms with E-state index in [1.54, 1.807) is 6.20 Å². The normalized spacial score (nSPS) is 19.3. The first kappa shape index (κ1) is 11.0. The lowest BCUT2D eigenvalue weighted by molar-refractivity contribution is -0.121. The van der Waals surface area contributed by atoms with Crippen LogP contribution < -0.4 is 10.6 Å². The van der Waals surface area contributed by atoms with Crippen LogP contribution in [0.15, 0.2) is 36.5 Å². The van der Waals surface area contributed by atoms with Crippen LogP contribution in [0, 0.1) is 5.92 Å². The molecule has 2 heterocycles. The molecule has 0 saturated carbocycles. The van der Waals surface area contributed by atoms with Crippen molar-refractivity contribution in [3.63, 3.8) is 0 Å². The van der Waals surface area contributed by atoms with Crippen molar-refractivity contribution in [3.8, 4) is 0 Å². The van der Waals surface area contributed by atoms with Crippen molar-refractivity contribution in [1.82, 2.24) is 4.98 Å². The number of fused-ring (bicyclic) bond motifs is 1. The zero-order chi connectivity index (χ0) is 12.5. The summed E-state index contributed by atoms with van der Waals surface area (Å²) in [6, 6.07) is 10.2. The molecule has 1 aliphatic rings. The van der Waals surface area contributed by atoms with Gasteiger partial charge in [0.2, 0.25) is 5.91 Å². The van der Waals surface area contributed by atoms with Crippen molar-refractivity contribution in [2.45, 2.75) is 6.42 Å². The fourth-order valence-corrected chi connectivity index (χ4v) is 2.48. The molecular weight excluding hydrogens is 226 g/mol. The lowest BCUT2D eigenvalue weighted by Crippen LogP contribution is -2.27. The van der Waals surface area contributed by atoms with E-state index in [1.165, 1.54) is 0 Å². The van der Waals surface area contributed by atoms with E-state index in [1.807, 2.05) is 12.1 Å². The van der Waals surface area contributed by atoms with Gasteiger partial charge in [0.05, 0.1) is 11.4 Å². The van der Waals surface area contributed by atoms with Gasteiger partial charge in [-0.15, -0.1) is 0 Å². The van der Waals surface area contributed by atoms with Gasteiger partial charge in [-0.1, -0.05) is 12.1 Å². The maximum absolute atomic E-state index is 11.2. The summed E-state index contributed by atoms with van der Waals surface area (Å²) >= 11 is 0. The lowest BCUT2D eigenvalue weighted by Gasteiger charge is -2.18. The molecule has 1 atom stereocenters. The standard InChI is InChI=1S/C14H15N3O/c15-14(18)11-5-7-17(9-11)12-4-3-10-2-1-6-16-13(10)8-12/h1-4,6,8,11H,5,7,9H2,(H2,15,18)/t11-/m1/s1. The maximum Gasteiger partial charge on any atom is 0.222 e. The van der Waals surface area contributed by atoms with Crippen LogP contribution >= 0.6 is 0 Å². The minimum atomic E-state index is -0.198. The van der Waals surface area contributed by atoms with E-state index in [2.05, 4.69) is 28.1 Å². The van der Waals surface area contributed by atoms with Crippen LogP contribution in [0.25, 0.3) is 10.9 Å². The minimum Gasteiger partial charge on any atom is -0.371 e. The number of amides is 1. The highest BCUT2D eigenvalue weighted by atomic mass is 16.1. The second kappa shape index (κ2) is 4.29. The van der Waals surface area contributed by atoms with Crippen LogP contribution in [-0.4, -0.2) is 24.0 Å². The summed E-state index contributed by atoms with van der Waals surface area (Å²) in [4.78, 5) is 17.7. The average molecular weight is 241 g/mol. The first-order valence-corrected chi connectivity index (χ1v) is 6.13. The Bertz CT molecular complexity index is 596. The summed E-state index contributed by atoms with van der Waals surface area (Å²) in [6.07, 6.45) is 2.64. The summed E-state index contributed by atoms with van der Waals surface area (Å²) in [5.41, 5.74) is 7.45. The first-order chi connectivity index (χ1) is 8.74. The van der Waals surface area contributed by atoms with Gasteiger partial charge in [-0.2, -0.15) is 0 Å². The molecule has 1 aromatic carbocycles. The van der Waals surface area contributed by atoms with Gasteiger partial charge in [-0.25, -0.2) is 0 Å². The Morgan fingerprint density at radius 3 is 3.06 bits per heavy atom. The quantitative estimate of drug-likeness (QED) is 0.867. The molecule has 1 aromatic heterocycles. The van der Waals surface area contributed by atoms with Crippen molar-refractivity contribution >= 4 is 22.5 Å². The van der Waals surface area contributed by atoms with Crippen LogP contribution in [0.3, 0.4) is 0 Å². The summed E-state index contributed by atoms with van der Waals surface area (Å²) in [5, 5.41) is 1.13. The van der Waals surface area contributed by atoms with Crippen molar-refractivity contribution < 1.29 is 4.79 Å². The number of hydrogen-bond donors (Lipinski definition) is 1. The predicted octanol–water partition coefficient (Wildman–Crippen LogP) is 1.55. The molecule has 4 heteroatoms. The van der Waals surface area contributed by atoms with Crippen molar-refractivity contribution in [2.75, 3.05) is 18.0 Å². The fourth-order valence-electron chi connectivity index (χ4n) is 2.48. The molecule has 0 spiro atoms. The zero-order valence-corrected chi connectivity index (χ0v) is 10.0. The van der Waals surface area contributed by atoms with E-state index in [0.29, 0.717) is 6.54 Å². The molecule has 92 valence electrons. The van der Waals surface area contributed by atoms with E-state index in [9.17, 15) is 4.79 Å². The Balaban J connectivity index is 1.89.